The summed E-state index contributed by atoms with van der Waals surface area (Å²) in [6.45, 7) is 3.82. The summed E-state index contributed by atoms with van der Waals surface area (Å²) < 4.78 is 14.0. The van der Waals surface area contributed by atoms with Crippen LogP contribution in [0.4, 0.5) is 0 Å². The molecule has 1 fully saturated rings. The Bertz CT molecular complexity index is 1820. The number of carboxylic acid groups (broad SMARTS) is 1. The summed E-state index contributed by atoms with van der Waals surface area (Å²) >= 11 is 0. The number of carboxylic acids is 1. The Morgan fingerprint density at radius 3 is 2.47 bits per heavy atom. The van der Waals surface area contributed by atoms with Crippen LogP contribution in [0.25, 0.3) is 22.2 Å². The molecule has 1 aromatic heterocycles. The number of amides is 2. The van der Waals surface area contributed by atoms with Crippen LogP contribution in [0, 0.1) is 0 Å². The molecule has 0 unspecified atom stereocenters. The van der Waals surface area contributed by atoms with Crippen molar-refractivity contribution in [3.05, 3.63) is 77.4 Å². The third-order valence-corrected chi connectivity index (χ3v) is 9.36. The number of ether oxygens (including phenoxy) is 2. The molecule has 1 saturated carbocycles. The highest BCUT2D eigenvalue weighted by atomic mass is 16.5. The minimum atomic E-state index is -1.55. The van der Waals surface area contributed by atoms with Gasteiger partial charge in [-0.3, -0.25) is 9.59 Å². The minimum Gasteiger partial charge on any atom is -0.508 e. The molecule has 10 nitrogen and oxygen atoms in total. The first-order valence-electron chi connectivity index (χ1n) is 16.2. The summed E-state index contributed by atoms with van der Waals surface area (Å²) in [5.41, 5.74) is 3.84. The summed E-state index contributed by atoms with van der Waals surface area (Å²) in [4.78, 5) is 39.0. The number of phenols is 1. The second-order valence-electron chi connectivity index (χ2n) is 13.0. The molecule has 4 N–H and O–H groups in total. The zero-order valence-electron chi connectivity index (χ0n) is 27.0. The third kappa shape index (κ3) is 6.50. The van der Waals surface area contributed by atoms with E-state index >= 15 is 0 Å². The molecular weight excluding hydrogens is 598 g/mol. The van der Waals surface area contributed by atoms with Gasteiger partial charge in [0.25, 0.3) is 5.91 Å². The molecule has 6 rings (SSSR count). The molecule has 4 aromatic rings. The molecule has 246 valence electrons. The first-order valence-corrected chi connectivity index (χ1v) is 16.2. The SMILES string of the molecule is COc1ccc2c(c1)OCCn1c-2c(C2CCCCC2)c2ccc(C(=O)N[C@@H](Cc3ccc(O)cc3)C(=O)NC(C)(C)C(=O)O)cc21. The van der Waals surface area contributed by atoms with Crippen molar-refractivity contribution in [2.45, 2.75) is 76.4 Å². The van der Waals surface area contributed by atoms with E-state index in [1.165, 1.54) is 50.8 Å². The van der Waals surface area contributed by atoms with Gasteiger partial charge in [-0.25, -0.2) is 4.79 Å². The Balaban J connectivity index is 1.39. The number of carbonyl (C=O) groups is 3. The summed E-state index contributed by atoms with van der Waals surface area (Å²) in [6, 6.07) is 16.9. The van der Waals surface area contributed by atoms with E-state index in [1.807, 2.05) is 24.3 Å². The lowest BCUT2D eigenvalue weighted by molar-refractivity contribution is -0.146. The molecule has 2 amide bonds. The van der Waals surface area contributed by atoms with E-state index in [0.717, 1.165) is 46.5 Å². The number of rotatable bonds is 9. The minimum absolute atomic E-state index is 0.0742. The molecule has 10 heteroatoms. The number of hydrogen-bond acceptors (Lipinski definition) is 6. The highest BCUT2D eigenvalue weighted by Crippen LogP contribution is 2.47. The van der Waals surface area contributed by atoms with Gasteiger partial charge in [-0.05, 0) is 80.1 Å². The molecule has 0 radical (unpaired) electrons. The van der Waals surface area contributed by atoms with Crippen LogP contribution in [0.15, 0.2) is 60.7 Å². The van der Waals surface area contributed by atoms with Gasteiger partial charge in [-0.2, -0.15) is 0 Å². The van der Waals surface area contributed by atoms with E-state index in [9.17, 15) is 24.6 Å². The zero-order valence-corrected chi connectivity index (χ0v) is 27.0. The van der Waals surface area contributed by atoms with Crippen molar-refractivity contribution in [2.24, 2.45) is 0 Å². The average Bonchev–Trinajstić information content (AvgIpc) is 3.26. The number of aromatic hydroxyl groups is 1. The molecule has 1 atom stereocenters. The monoisotopic (exact) mass is 639 g/mol. The Kier molecular flexibility index (Phi) is 8.86. The molecule has 3 aromatic carbocycles. The normalized spacial score (nSPS) is 15.5. The van der Waals surface area contributed by atoms with Crippen LogP contribution in [0.5, 0.6) is 17.2 Å². The van der Waals surface area contributed by atoms with Gasteiger partial charge in [-0.15, -0.1) is 0 Å². The van der Waals surface area contributed by atoms with Gasteiger partial charge in [0.15, 0.2) is 0 Å². The van der Waals surface area contributed by atoms with Gasteiger partial charge >= 0.3 is 5.97 Å². The van der Waals surface area contributed by atoms with Crippen molar-refractivity contribution in [3.63, 3.8) is 0 Å². The second kappa shape index (κ2) is 13.0. The smallest absolute Gasteiger partial charge is 0.328 e. The highest BCUT2D eigenvalue weighted by Gasteiger charge is 2.34. The number of nitrogens with zero attached hydrogens (tertiary/aromatic N) is 1. The van der Waals surface area contributed by atoms with Crippen molar-refractivity contribution >= 4 is 28.7 Å². The van der Waals surface area contributed by atoms with Crippen LogP contribution in [0.2, 0.25) is 0 Å². The number of aromatic nitrogens is 1. The average molecular weight is 640 g/mol. The molecular formula is C37H41N3O7. The second-order valence-corrected chi connectivity index (χ2v) is 13.0. The van der Waals surface area contributed by atoms with Crippen molar-refractivity contribution in [1.82, 2.24) is 15.2 Å². The summed E-state index contributed by atoms with van der Waals surface area (Å²) in [5.74, 6) is -0.324. The number of aliphatic carboxylic acids is 1. The van der Waals surface area contributed by atoms with Crippen molar-refractivity contribution < 1.29 is 34.1 Å². The van der Waals surface area contributed by atoms with Crippen LogP contribution >= 0.6 is 0 Å². The van der Waals surface area contributed by atoms with Crippen LogP contribution in [0.1, 0.15) is 73.4 Å². The van der Waals surface area contributed by atoms with Crippen molar-refractivity contribution in [3.8, 4) is 28.5 Å². The van der Waals surface area contributed by atoms with E-state index in [1.54, 1.807) is 25.3 Å². The van der Waals surface area contributed by atoms with E-state index < -0.39 is 29.4 Å². The van der Waals surface area contributed by atoms with E-state index in [2.05, 4.69) is 21.3 Å². The Morgan fingerprint density at radius 2 is 1.77 bits per heavy atom. The van der Waals surface area contributed by atoms with E-state index in [-0.39, 0.29) is 12.2 Å². The number of hydrogen-bond donors (Lipinski definition) is 4. The third-order valence-electron chi connectivity index (χ3n) is 9.36. The fourth-order valence-corrected chi connectivity index (χ4v) is 6.80. The maximum Gasteiger partial charge on any atom is 0.328 e. The Morgan fingerprint density at radius 1 is 1.02 bits per heavy atom. The summed E-state index contributed by atoms with van der Waals surface area (Å²) in [7, 11) is 1.64. The van der Waals surface area contributed by atoms with Gasteiger partial charge in [0.1, 0.15) is 35.4 Å². The van der Waals surface area contributed by atoms with Crippen LogP contribution in [-0.4, -0.2) is 57.9 Å². The van der Waals surface area contributed by atoms with Crippen LogP contribution in [-0.2, 0) is 22.6 Å². The molecule has 0 bridgehead atoms. The first kappa shape index (κ1) is 32.0. The maximum absolute atomic E-state index is 13.9. The standard InChI is InChI=1S/C37H41N3O7/c1-37(2,36(44)45)39-35(43)29(19-22-9-12-25(41)13-10-22)38-34(42)24-11-15-27-30(20-24)40-17-18-47-31-21-26(46-3)14-16-28(31)33(40)32(27)23-7-5-4-6-8-23/h9-16,20-21,23,29,41H,4-8,17-19H2,1-3H3,(H,38,42)(H,39,43)(H,44,45)/t29-/m0/s1. The topological polar surface area (TPSA) is 139 Å². The summed E-state index contributed by atoms with van der Waals surface area (Å²) in [6.07, 6.45) is 5.87. The van der Waals surface area contributed by atoms with Gasteiger partial charge < -0.3 is 34.9 Å². The highest BCUT2D eigenvalue weighted by molar-refractivity contribution is 6.03. The predicted octanol–water partition coefficient (Wildman–Crippen LogP) is 5.78. The number of carbonyl (C=O) groups excluding carboxylic acids is 2. The lowest BCUT2D eigenvalue weighted by Crippen LogP contribution is -2.57. The Labute approximate surface area is 273 Å². The van der Waals surface area contributed by atoms with Gasteiger partial charge in [0, 0.05) is 34.5 Å². The van der Waals surface area contributed by atoms with Crippen molar-refractivity contribution in [1.29, 1.82) is 0 Å². The van der Waals surface area contributed by atoms with E-state index in [0.29, 0.717) is 30.2 Å². The van der Waals surface area contributed by atoms with Crippen LogP contribution < -0.4 is 20.1 Å². The molecule has 2 aliphatic rings. The molecule has 2 heterocycles. The number of nitrogens with one attached hydrogen (secondary N) is 2. The Hall–Kier alpha value is -4.99. The molecule has 0 spiro atoms. The van der Waals surface area contributed by atoms with Gasteiger partial charge in [0.2, 0.25) is 5.91 Å². The summed E-state index contributed by atoms with van der Waals surface area (Å²) in [5, 5.41) is 25.8. The predicted molar refractivity (Wildman–Crippen MR) is 178 cm³/mol. The van der Waals surface area contributed by atoms with Gasteiger partial charge in [0.05, 0.1) is 19.3 Å². The lowest BCUT2D eigenvalue weighted by atomic mass is 9.81. The number of phenolic OH excluding ortho intramolecular Hbond substituents is 1. The van der Waals surface area contributed by atoms with Crippen LogP contribution in [0.3, 0.4) is 0 Å². The molecule has 1 aliphatic carbocycles. The lowest BCUT2D eigenvalue weighted by Gasteiger charge is -2.25. The largest absolute Gasteiger partial charge is 0.508 e. The molecule has 47 heavy (non-hydrogen) atoms. The zero-order chi connectivity index (χ0) is 33.3. The fourth-order valence-electron chi connectivity index (χ4n) is 6.80. The number of benzene rings is 3. The first-order chi connectivity index (χ1) is 22.6. The number of fused-ring (bicyclic) bond motifs is 5. The van der Waals surface area contributed by atoms with Crippen molar-refractivity contribution in [2.75, 3.05) is 13.7 Å². The van der Waals surface area contributed by atoms with Gasteiger partial charge in [-0.1, -0.05) is 37.5 Å². The molecule has 1 aliphatic heterocycles. The van der Waals surface area contributed by atoms with E-state index in [4.69, 9.17) is 9.47 Å². The molecule has 0 saturated heterocycles. The fraction of sp³-hybridized carbons (Fsp3) is 0.378. The maximum atomic E-state index is 13.9. The quantitative estimate of drug-likeness (QED) is 0.182. The number of methoxy groups -OCH3 is 1.